The van der Waals surface area contributed by atoms with E-state index in [2.05, 4.69) is 5.32 Å². The second-order valence-corrected chi connectivity index (χ2v) is 5.84. The molecule has 0 radical (unpaired) electrons. The van der Waals surface area contributed by atoms with Crippen LogP contribution in [0.15, 0.2) is 30.3 Å². The van der Waals surface area contributed by atoms with Gasteiger partial charge in [0.1, 0.15) is 0 Å². The van der Waals surface area contributed by atoms with Gasteiger partial charge in [0.2, 0.25) is 0 Å². The maximum atomic E-state index is 12.2. The van der Waals surface area contributed by atoms with Gasteiger partial charge in [-0.25, -0.2) is 0 Å². The number of hydrogen-bond donors (Lipinski definition) is 2. The van der Waals surface area contributed by atoms with Crippen molar-refractivity contribution in [2.24, 2.45) is 0 Å². The summed E-state index contributed by atoms with van der Waals surface area (Å²) in [5, 5.41) is 3.47. The summed E-state index contributed by atoms with van der Waals surface area (Å²) >= 11 is 1.47. The Morgan fingerprint density at radius 3 is 2.47 bits per heavy atom. The fraction of sp³-hybridized carbons (Fsp3) is 0.267. The van der Waals surface area contributed by atoms with Gasteiger partial charge in [0, 0.05) is 10.9 Å². The van der Waals surface area contributed by atoms with Gasteiger partial charge < -0.3 is 11.1 Å². The minimum atomic E-state index is -0.0940. The molecule has 1 aromatic carbocycles. The molecule has 4 heteroatoms. The van der Waals surface area contributed by atoms with Gasteiger partial charge in [0.15, 0.2) is 0 Å². The molecular weight excluding hydrogens is 256 g/mol. The highest BCUT2D eigenvalue weighted by molar-refractivity contribution is 7.19. The zero-order valence-electron chi connectivity index (χ0n) is 11.4. The number of nitrogen functional groups attached to an aromatic ring is 1. The number of amides is 1. The van der Waals surface area contributed by atoms with Gasteiger partial charge in [-0.1, -0.05) is 30.3 Å². The molecule has 0 saturated carbocycles. The normalized spacial score (nSPS) is 10.7. The third-order valence-electron chi connectivity index (χ3n) is 2.86. The lowest BCUT2D eigenvalue weighted by atomic mass is 10.1. The van der Waals surface area contributed by atoms with Crippen LogP contribution in [-0.2, 0) is 0 Å². The lowest BCUT2D eigenvalue weighted by Crippen LogP contribution is -2.30. The van der Waals surface area contributed by atoms with Crippen molar-refractivity contribution in [3.05, 3.63) is 41.5 Å². The molecule has 1 amide bonds. The molecule has 0 aliphatic rings. The molecular formula is C15H18N2OS. The Kier molecular flexibility index (Phi) is 3.90. The highest BCUT2D eigenvalue weighted by Crippen LogP contribution is 2.37. The highest BCUT2D eigenvalue weighted by Gasteiger charge is 2.20. The Morgan fingerprint density at radius 2 is 1.89 bits per heavy atom. The summed E-state index contributed by atoms with van der Waals surface area (Å²) in [5.41, 5.74) is 8.67. The van der Waals surface area contributed by atoms with Crippen molar-refractivity contribution in [2.75, 3.05) is 5.73 Å². The van der Waals surface area contributed by atoms with Crippen LogP contribution in [0.3, 0.4) is 0 Å². The molecule has 2 rings (SSSR count). The fourth-order valence-electron chi connectivity index (χ4n) is 2.02. The Morgan fingerprint density at radius 1 is 1.26 bits per heavy atom. The molecule has 0 spiro atoms. The maximum absolute atomic E-state index is 12.2. The van der Waals surface area contributed by atoms with E-state index in [0.29, 0.717) is 10.6 Å². The van der Waals surface area contributed by atoms with E-state index in [1.807, 2.05) is 51.1 Å². The summed E-state index contributed by atoms with van der Waals surface area (Å²) in [4.78, 5) is 13.2. The molecule has 3 nitrogen and oxygen atoms in total. The second kappa shape index (κ2) is 5.45. The van der Waals surface area contributed by atoms with Crippen LogP contribution >= 0.6 is 11.3 Å². The van der Waals surface area contributed by atoms with Gasteiger partial charge in [-0.05, 0) is 31.9 Å². The van der Waals surface area contributed by atoms with E-state index in [9.17, 15) is 4.79 Å². The van der Waals surface area contributed by atoms with Gasteiger partial charge in [0.05, 0.1) is 10.6 Å². The smallest absolute Gasteiger partial charge is 0.254 e. The van der Waals surface area contributed by atoms with Crippen LogP contribution in [0.1, 0.15) is 29.8 Å². The average molecular weight is 274 g/mol. The van der Waals surface area contributed by atoms with Crippen molar-refractivity contribution in [2.45, 2.75) is 26.8 Å². The van der Waals surface area contributed by atoms with Crippen molar-refractivity contribution in [3.63, 3.8) is 0 Å². The minimum Gasteiger partial charge on any atom is -0.390 e. The number of anilines is 1. The molecule has 0 atom stereocenters. The van der Waals surface area contributed by atoms with E-state index in [1.165, 1.54) is 11.3 Å². The molecule has 0 bridgehead atoms. The van der Waals surface area contributed by atoms with Crippen LogP contribution in [0.2, 0.25) is 0 Å². The maximum Gasteiger partial charge on any atom is 0.254 e. The summed E-state index contributed by atoms with van der Waals surface area (Å²) in [6, 6.07) is 10.1. The summed E-state index contributed by atoms with van der Waals surface area (Å²) < 4.78 is 0. The zero-order valence-corrected chi connectivity index (χ0v) is 12.2. The molecule has 0 unspecified atom stereocenters. The first-order chi connectivity index (χ1) is 9.00. The Balaban J connectivity index is 2.43. The summed E-state index contributed by atoms with van der Waals surface area (Å²) in [6.07, 6.45) is 0. The van der Waals surface area contributed by atoms with Crippen LogP contribution in [0.25, 0.3) is 10.4 Å². The molecule has 0 saturated heterocycles. The largest absolute Gasteiger partial charge is 0.390 e. The second-order valence-electron chi connectivity index (χ2n) is 4.79. The van der Waals surface area contributed by atoms with E-state index in [1.54, 1.807) is 0 Å². The first kappa shape index (κ1) is 13.6. The van der Waals surface area contributed by atoms with Crippen LogP contribution < -0.4 is 11.1 Å². The number of carbonyl (C=O) groups is 1. The van der Waals surface area contributed by atoms with Crippen LogP contribution in [0, 0.1) is 6.92 Å². The molecule has 0 aliphatic carbocycles. The SMILES string of the molecule is Cc1c(-c2ccccc2)sc(N)c1C(=O)NC(C)C. The van der Waals surface area contributed by atoms with Crippen molar-refractivity contribution >= 4 is 22.2 Å². The molecule has 1 heterocycles. The minimum absolute atomic E-state index is 0.0940. The van der Waals surface area contributed by atoms with Crippen LogP contribution in [0.5, 0.6) is 0 Å². The predicted molar refractivity (Wildman–Crippen MR) is 81.5 cm³/mol. The number of nitrogens with one attached hydrogen (secondary N) is 1. The summed E-state index contributed by atoms with van der Waals surface area (Å²) in [5.74, 6) is -0.0940. The lowest BCUT2D eigenvalue weighted by Gasteiger charge is -2.09. The van der Waals surface area contributed by atoms with E-state index >= 15 is 0 Å². The number of rotatable bonds is 3. The highest BCUT2D eigenvalue weighted by atomic mass is 32.1. The Bertz CT molecular complexity index is 588. The zero-order chi connectivity index (χ0) is 14.0. The molecule has 100 valence electrons. The number of hydrogen-bond acceptors (Lipinski definition) is 3. The predicted octanol–water partition coefficient (Wildman–Crippen LogP) is 3.44. The molecule has 19 heavy (non-hydrogen) atoms. The van der Waals surface area contributed by atoms with E-state index in [-0.39, 0.29) is 11.9 Å². The Labute approximate surface area is 117 Å². The molecule has 2 aromatic rings. The molecule has 3 N–H and O–H groups in total. The van der Waals surface area contributed by atoms with Crippen molar-refractivity contribution < 1.29 is 4.79 Å². The van der Waals surface area contributed by atoms with Crippen molar-refractivity contribution in [3.8, 4) is 10.4 Å². The van der Waals surface area contributed by atoms with Crippen molar-refractivity contribution in [1.82, 2.24) is 5.32 Å². The van der Waals surface area contributed by atoms with Gasteiger partial charge in [-0.3, -0.25) is 4.79 Å². The molecule has 0 fully saturated rings. The van der Waals surface area contributed by atoms with Gasteiger partial charge in [0.25, 0.3) is 5.91 Å². The van der Waals surface area contributed by atoms with E-state index in [0.717, 1.165) is 16.0 Å². The fourth-order valence-corrected chi connectivity index (χ4v) is 3.09. The van der Waals surface area contributed by atoms with Crippen molar-refractivity contribution in [1.29, 1.82) is 0 Å². The van der Waals surface area contributed by atoms with Gasteiger partial charge >= 0.3 is 0 Å². The number of benzene rings is 1. The van der Waals surface area contributed by atoms with Gasteiger partial charge in [-0.15, -0.1) is 11.3 Å². The monoisotopic (exact) mass is 274 g/mol. The standard InChI is InChI=1S/C15H18N2OS/c1-9(2)17-15(18)12-10(3)13(19-14(12)16)11-7-5-4-6-8-11/h4-9H,16H2,1-3H3,(H,17,18). The molecule has 0 aliphatic heterocycles. The molecule has 1 aromatic heterocycles. The summed E-state index contributed by atoms with van der Waals surface area (Å²) in [7, 11) is 0. The lowest BCUT2D eigenvalue weighted by molar-refractivity contribution is 0.0944. The van der Waals surface area contributed by atoms with Crippen LogP contribution in [0.4, 0.5) is 5.00 Å². The third-order valence-corrected chi connectivity index (χ3v) is 4.03. The first-order valence-electron chi connectivity index (χ1n) is 6.26. The number of carbonyl (C=O) groups excluding carboxylic acids is 1. The Hall–Kier alpha value is -1.81. The quantitative estimate of drug-likeness (QED) is 0.900. The van der Waals surface area contributed by atoms with E-state index < -0.39 is 0 Å². The average Bonchev–Trinajstić information content (AvgIpc) is 2.65. The number of thiophene rings is 1. The summed E-state index contributed by atoms with van der Waals surface area (Å²) in [6.45, 7) is 5.83. The van der Waals surface area contributed by atoms with Crippen LogP contribution in [-0.4, -0.2) is 11.9 Å². The van der Waals surface area contributed by atoms with E-state index in [4.69, 9.17) is 5.73 Å². The van der Waals surface area contributed by atoms with Gasteiger partial charge in [-0.2, -0.15) is 0 Å². The number of nitrogens with two attached hydrogens (primary N) is 1. The third kappa shape index (κ3) is 2.79. The topological polar surface area (TPSA) is 55.1 Å². The first-order valence-corrected chi connectivity index (χ1v) is 7.07.